The summed E-state index contributed by atoms with van der Waals surface area (Å²) >= 11 is 0. The maximum absolute atomic E-state index is 12.2. The predicted octanol–water partition coefficient (Wildman–Crippen LogP) is 5.14. The minimum Gasteiger partial charge on any atom is -0.325 e. The lowest BCUT2D eigenvalue weighted by Crippen LogP contribution is -2.35. The first kappa shape index (κ1) is 19.2. The topological polar surface area (TPSA) is 41.1 Å². The Morgan fingerprint density at radius 1 is 0.862 bits per heavy atom. The first-order chi connectivity index (χ1) is 14.3. The van der Waals surface area contributed by atoms with E-state index in [0.29, 0.717) is 0 Å². The number of amides is 1. The number of carbonyl (C=O) groups excluding carboxylic acids is 1. The Kier molecular flexibility index (Phi) is 6.18. The van der Waals surface area contributed by atoms with E-state index in [1.54, 1.807) is 0 Å². The molecule has 0 radical (unpaired) electrons. The second-order valence-electron chi connectivity index (χ2n) is 7.50. The van der Waals surface area contributed by atoms with Crippen LogP contribution in [0.5, 0.6) is 0 Å². The fourth-order valence-electron chi connectivity index (χ4n) is 3.59. The molecule has 3 aromatic carbocycles. The Bertz CT molecular complexity index is 954. The zero-order valence-corrected chi connectivity index (χ0v) is 16.5. The van der Waals surface area contributed by atoms with Gasteiger partial charge in [-0.2, -0.15) is 0 Å². The maximum atomic E-state index is 12.2. The summed E-state index contributed by atoms with van der Waals surface area (Å²) in [6, 6.07) is 27.1. The molecule has 3 nitrogen and oxygen atoms in total. The molecule has 3 heteroatoms. The van der Waals surface area contributed by atoms with Crippen molar-refractivity contribution in [2.45, 2.75) is 25.3 Å². The molecule has 146 valence electrons. The van der Waals surface area contributed by atoms with Crippen molar-refractivity contribution in [2.24, 2.45) is 0 Å². The third-order valence-electron chi connectivity index (χ3n) is 5.25. The molecular weight excluding hydrogens is 356 g/mol. The molecule has 1 saturated heterocycles. The lowest BCUT2D eigenvalue weighted by molar-refractivity contribution is -0.117. The molecule has 2 N–H and O–H groups in total. The van der Waals surface area contributed by atoms with E-state index in [1.165, 1.54) is 16.7 Å². The van der Waals surface area contributed by atoms with Gasteiger partial charge in [0.25, 0.3) is 0 Å². The van der Waals surface area contributed by atoms with E-state index in [4.69, 9.17) is 0 Å². The van der Waals surface area contributed by atoms with Crippen LogP contribution < -0.4 is 10.6 Å². The number of benzene rings is 3. The van der Waals surface area contributed by atoms with Crippen LogP contribution in [0.15, 0.2) is 78.9 Å². The SMILES string of the molecule is O=C(Nc1ccc(/C=C/c2ccc(Cc3ccccc3)cc2)cc1)C1CCCN1. The zero-order valence-electron chi connectivity index (χ0n) is 16.5. The van der Waals surface area contributed by atoms with Gasteiger partial charge in [0.1, 0.15) is 0 Å². The van der Waals surface area contributed by atoms with Crippen molar-refractivity contribution in [3.8, 4) is 0 Å². The average Bonchev–Trinajstić information content (AvgIpc) is 3.30. The molecular formula is C26H26N2O. The Morgan fingerprint density at radius 2 is 1.48 bits per heavy atom. The van der Waals surface area contributed by atoms with Crippen molar-refractivity contribution in [2.75, 3.05) is 11.9 Å². The Balaban J connectivity index is 1.33. The van der Waals surface area contributed by atoms with Crippen LogP contribution in [0.2, 0.25) is 0 Å². The van der Waals surface area contributed by atoms with Crippen molar-refractivity contribution >= 4 is 23.7 Å². The van der Waals surface area contributed by atoms with E-state index in [2.05, 4.69) is 71.3 Å². The second-order valence-corrected chi connectivity index (χ2v) is 7.50. The van der Waals surface area contributed by atoms with Gasteiger partial charge in [-0.15, -0.1) is 0 Å². The second kappa shape index (κ2) is 9.35. The van der Waals surface area contributed by atoms with Gasteiger partial charge in [0.05, 0.1) is 6.04 Å². The molecule has 1 aliphatic heterocycles. The molecule has 0 bridgehead atoms. The van der Waals surface area contributed by atoms with E-state index in [0.717, 1.165) is 37.1 Å². The van der Waals surface area contributed by atoms with Crippen molar-refractivity contribution in [3.63, 3.8) is 0 Å². The van der Waals surface area contributed by atoms with Gasteiger partial charge < -0.3 is 10.6 Å². The molecule has 0 spiro atoms. The molecule has 1 fully saturated rings. The third-order valence-corrected chi connectivity index (χ3v) is 5.25. The van der Waals surface area contributed by atoms with Crippen LogP contribution in [0.4, 0.5) is 5.69 Å². The van der Waals surface area contributed by atoms with Crippen molar-refractivity contribution in [1.29, 1.82) is 0 Å². The highest BCUT2D eigenvalue weighted by atomic mass is 16.2. The molecule has 1 unspecified atom stereocenters. The molecule has 0 aromatic heterocycles. The summed E-state index contributed by atoms with van der Waals surface area (Å²) < 4.78 is 0. The van der Waals surface area contributed by atoms with Gasteiger partial charge in [-0.1, -0.05) is 78.9 Å². The number of carbonyl (C=O) groups is 1. The van der Waals surface area contributed by atoms with E-state index >= 15 is 0 Å². The summed E-state index contributed by atoms with van der Waals surface area (Å²) in [6.45, 7) is 0.926. The van der Waals surface area contributed by atoms with Gasteiger partial charge in [0.15, 0.2) is 0 Å². The minimum absolute atomic E-state index is 0.0561. The van der Waals surface area contributed by atoms with E-state index in [9.17, 15) is 4.79 Å². The summed E-state index contributed by atoms with van der Waals surface area (Å²) in [5.74, 6) is 0.0568. The normalized spacial score (nSPS) is 16.2. The van der Waals surface area contributed by atoms with Crippen LogP contribution in [-0.4, -0.2) is 18.5 Å². The molecule has 0 saturated carbocycles. The van der Waals surface area contributed by atoms with E-state index < -0.39 is 0 Å². The summed E-state index contributed by atoms with van der Waals surface area (Å²) in [5, 5.41) is 6.21. The van der Waals surface area contributed by atoms with Crippen LogP contribution >= 0.6 is 0 Å². The molecule has 3 aromatic rings. The van der Waals surface area contributed by atoms with Gasteiger partial charge in [-0.25, -0.2) is 0 Å². The Hall–Kier alpha value is -3.17. The Labute approximate surface area is 172 Å². The van der Waals surface area contributed by atoms with Crippen LogP contribution in [0.25, 0.3) is 12.2 Å². The standard InChI is InChI=1S/C26H26N2O/c29-26(25-7-4-18-27-25)28-24-16-14-21(15-17-24)9-8-20-10-12-23(13-11-20)19-22-5-2-1-3-6-22/h1-3,5-6,8-17,25,27H,4,7,18-19H2,(H,28,29)/b9-8+. The van der Waals surface area contributed by atoms with Gasteiger partial charge in [0, 0.05) is 5.69 Å². The van der Waals surface area contributed by atoms with Gasteiger partial charge in [-0.05, 0) is 60.2 Å². The largest absolute Gasteiger partial charge is 0.325 e. The van der Waals surface area contributed by atoms with Crippen LogP contribution in [0, 0.1) is 0 Å². The van der Waals surface area contributed by atoms with Crippen LogP contribution in [0.3, 0.4) is 0 Å². The molecule has 4 rings (SSSR count). The monoisotopic (exact) mass is 382 g/mol. The fraction of sp³-hybridized carbons (Fsp3) is 0.192. The number of anilines is 1. The molecule has 1 heterocycles. The lowest BCUT2D eigenvalue weighted by atomic mass is 10.0. The minimum atomic E-state index is -0.0561. The lowest BCUT2D eigenvalue weighted by Gasteiger charge is -2.11. The van der Waals surface area contributed by atoms with Crippen LogP contribution in [0.1, 0.15) is 35.1 Å². The molecule has 29 heavy (non-hydrogen) atoms. The summed E-state index contributed by atoms with van der Waals surface area (Å²) in [7, 11) is 0. The average molecular weight is 383 g/mol. The molecule has 1 aliphatic rings. The van der Waals surface area contributed by atoms with Crippen molar-refractivity contribution in [3.05, 3.63) is 101 Å². The summed E-state index contributed by atoms with van der Waals surface area (Å²) in [6.07, 6.45) is 7.14. The Morgan fingerprint density at radius 3 is 2.10 bits per heavy atom. The quantitative estimate of drug-likeness (QED) is 0.580. The number of hydrogen-bond donors (Lipinski definition) is 2. The molecule has 1 amide bonds. The number of hydrogen-bond acceptors (Lipinski definition) is 2. The highest BCUT2D eigenvalue weighted by Crippen LogP contribution is 2.16. The van der Waals surface area contributed by atoms with Crippen LogP contribution in [-0.2, 0) is 11.2 Å². The highest BCUT2D eigenvalue weighted by Gasteiger charge is 2.21. The smallest absolute Gasteiger partial charge is 0.241 e. The van der Waals surface area contributed by atoms with E-state index in [1.807, 2.05) is 30.3 Å². The maximum Gasteiger partial charge on any atom is 0.241 e. The molecule has 1 atom stereocenters. The van der Waals surface area contributed by atoms with E-state index in [-0.39, 0.29) is 11.9 Å². The van der Waals surface area contributed by atoms with Gasteiger partial charge in [-0.3, -0.25) is 4.79 Å². The highest BCUT2D eigenvalue weighted by molar-refractivity contribution is 5.95. The molecule has 0 aliphatic carbocycles. The number of nitrogens with one attached hydrogen (secondary N) is 2. The third kappa shape index (κ3) is 5.43. The first-order valence-corrected chi connectivity index (χ1v) is 10.2. The summed E-state index contributed by atoms with van der Waals surface area (Å²) in [5.41, 5.74) is 5.75. The van der Waals surface area contributed by atoms with Gasteiger partial charge >= 0.3 is 0 Å². The fourth-order valence-corrected chi connectivity index (χ4v) is 3.59. The van der Waals surface area contributed by atoms with Gasteiger partial charge in [0.2, 0.25) is 5.91 Å². The van der Waals surface area contributed by atoms with Crippen molar-refractivity contribution < 1.29 is 4.79 Å². The predicted molar refractivity (Wildman–Crippen MR) is 121 cm³/mol. The first-order valence-electron chi connectivity index (χ1n) is 10.2. The number of rotatable bonds is 6. The summed E-state index contributed by atoms with van der Waals surface area (Å²) in [4.78, 5) is 12.2. The zero-order chi connectivity index (χ0) is 19.9. The van der Waals surface area contributed by atoms with Crippen molar-refractivity contribution in [1.82, 2.24) is 5.32 Å².